The quantitative estimate of drug-likeness (QED) is 0.827. The minimum Gasteiger partial charge on any atom is -0.497 e. The van der Waals surface area contributed by atoms with E-state index in [0.717, 1.165) is 25.9 Å². The topological polar surface area (TPSA) is 62.3 Å². The molecule has 3 amide bonds. The van der Waals surface area contributed by atoms with E-state index in [4.69, 9.17) is 9.47 Å². The van der Waals surface area contributed by atoms with E-state index in [1.807, 2.05) is 9.80 Å². The minimum atomic E-state index is -0.0745. The van der Waals surface area contributed by atoms with E-state index < -0.39 is 0 Å². The number of benzene rings is 1. The molecule has 0 bridgehead atoms. The van der Waals surface area contributed by atoms with Gasteiger partial charge in [-0.1, -0.05) is 0 Å². The van der Waals surface area contributed by atoms with Crippen LogP contribution in [0.4, 0.5) is 4.79 Å². The largest absolute Gasteiger partial charge is 0.497 e. The summed E-state index contributed by atoms with van der Waals surface area (Å²) in [7, 11) is 3.12. The average Bonchev–Trinajstić information content (AvgIpc) is 2.73. The number of rotatable bonds is 3. The van der Waals surface area contributed by atoms with Crippen LogP contribution in [0.25, 0.3) is 0 Å². The molecule has 0 aromatic heterocycles. The zero-order valence-corrected chi connectivity index (χ0v) is 15.6. The molecule has 7 heteroatoms. The Hall–Kier alpha value is -2.44. The monoisotopic (exact) mass is 361 g/mol. The van der Waals surface area contributed by atoms with Crippen molar-refractivity contribution in [3.8, 4) is 11.5 Å². The third kappa shape index (κ3) is 3.86. The summed E-state index contributed by atoms with van der Waals surface area (Å²) in [5, 5.41) is 0. The minimum absolute atomic E-state index is 0.0745. The first-order valence-corrected chi connectivity index (χ1v) is 9.19. The highest BCUT2D eigenvalue weighted by Gasteiger charge is 2.29. The van der Waals surface area contributed by atoms with Gasteiger partial charge in [-0.15, -0.1) is 0 Å². The third-order valence-electron chi connectivity index (χ3n) is 5.10. The van der Waals surface area contributed by atoms with Crippen LogP contribution in [0, 0.1) is 0 Å². The van der Waals surface area contributed by atoms with Gasteiger partial charge >= 0.3 is 6.03 Å². The van der Waals surface area contributed by atoms with Crippen LogP contribution >= 0.6 is 0 Å². The first-order valence-electron chi connectivity index (χ1n) is 9.19. The van der Waals surface area contributed by atoms with Gasteiger partial charge in [-0.2, -0.15) is 0 Å². The Morgan fingerprint density at radius 3 is 2.04 bits per heavy atom. The molecule has 0 radical (unpaired) electrons. The Morgan fingerprint density at radius 1 is 0.808 bits per heavy atom. The van der Waals surface area contributed by atoms with Gasteiger partial charge in [0.25, 0.3) is 5.91 Å². The summed E-state index contributed by atoms with van der Waals surface area (Å²) >= 11 is 0. The lowest BCUT2D eigenvalue weighted by Gasteiger charge is -2.38. The molecule has 1 aromatic carbocycles. The van der Waals surface area contributed by atoms with Crippen LogP contribution in [0.15, 0.2) is 18.2 Å². The second kappa shape index (κ2) is 8.29. The molecule has 142 valence electrons. The van der Waals surface area contributed by atoms with Crippen molar-refractivity contribution in [3.05, 3.63) is 23.8 Å². The standard InChI is InChI=1S/C19H27N3O4/c1-25-15-6-7-16(17(14-15)26-2)18(23)20-10-12-22(13-11-20)19(24)21-8-4-3-5-9-21/h6-7,14H,3-5,8-13H2,1-2H3. The van der Waals surface area contributed by atoms with E-state index >= 15 is 0 Å². The molecule has 0 atom stereocenters. The van der Waals surface area contributed by atoms with Crippen molar-refractivity contribution in [2.45, 2.75) is 19.3 Å². The fourth-order valence-electron chi connectivity index (χ4n) is 3.53. The van der Waals surface area contributed by atoms with Gasteiger partial charge in [0, 0.05) is 45.3 Å². The van der Waals surface area contributed by atoms with E-state index in [2.05, 4.69) is 0 Å². The number of ether oxygens (including phenoxy) is 2. The van der Waals surface area contributed by atoms with Gasteiger partial charge in [0.1, 0.15) is 11.5 Å². The normalized spacial score (nSPS) is 17.8. The number of urea groups is 1. The number of carbonyl (C=O) groups excluding carboxylic acids is 2. The molecule has 26 heavy (non-hydrogen) atoms. The van der Waals surface area contributed by atoms with Crippen LogP contribution in [0.3, 0.4) is 0 Å². The van der Waals surface area contributed by atoms with Crippen LogP contribution in [-0.4, -0.2) is 80.1 Å². The number of likely N-dealkylation sites (tertiary alicyclic amines) is 1. The number of methoxy groups -OCH3 is 2. The number of hydrogen-bond acceptors (Lipinski definition) is 4. The predicted molar refractivity (Wildman–Crippen MR) is 97.8 cm³/mol. The molecule has 1 aromatic rings. The molecule has 0 unspecified atom stereocenters. The molecule has 2 fully saturated rings. The van der Waals surface area contributed by atoms with Crippen molar-refractivity contribution in [3.63, 3.8) is 0 Å². The maximum Gasteiger partial charge on any atom is 0.320 e. The Kier molecular flexibility index (Phi) is 5.85. The fraction of sp³-hybridized carbons (Fsp3) is 0.579. The summed E-state index contributed by atoms with van der Waals surface area (Å²) in [4.78, 5) is 31.0. The maximum absolute atomic E-state index is 12.8. The van der Waals surface area contributed by atoms with Crippen molar-refractivity contribution in [1.82, 2.24) is 14.7 Å². The molecule has 3 rings (SSSR count). The van der Waals surface area contributed by atoms with Crippen LogP contribution in [0.5, 0.6) is 11.5 Å². The lowest BCUT2D eigenvalue weighted by Crippen LogP contribution is -2.54. The number of amides is 3. The number of piperidine rings is 1. The predicted octanol–water partition coefficient (Wildman–Crippen LogP) is 2.07. The number of piperazine rings is 1. The summed E-state index contributed by atoms with van der Waals surface area (Å²) in [5.41, 5.74) is 0.518. The first-order chi connectivity index (χ1) is 12.6. The highest BCUT2D eigenvalue weighted by atomic mass is 16.5. The fourth-order valence-corrected chi connectivity index (χ4v) is 3.53. The number of carbonyl (C=O) groups is 2. The molecule has 0 saturated carbocycles. The maximum atomic E-state index is 12.8. The highest BCUT2D eigenvalue weighted by molar-refractivity contribution is 5.97. The molecule has 0 spiro atoms. The second-order valence-electron chi connectivity index (χ2n) is 6.68. The molecule has 0 N–H and O–H groups in total. The SMILES string of the molecule is COc1ccc(C(=O)N2CCN(C(=O)N3CCCCC3)CC2)c(OC)c1. The van der Waals surface area contributed by atoms with Crippen molar-refractivity contribution < 1.29 is 19.1 Å². The molecule has 2 heterocycles. The molecule has 7 nitrogen and oxygen atoms in total. The van der Waals surface area contributed by atoms with Gasteiger partial charge in [-0.3, -0.25) is 4.79 Å². The Balaban J connectivity index is 1.61. The average molecular weight is 361 g/mol. The summed E-state index contributed by atoms with van der Waals surface area (Å²) in [6.45, 7) is 3.91. The van der Waals surface area contributed by atoms with Crippen molar-refractivity contribution >= 4 is 11.9 Å². The van der Waals surface area contributed by atoms with Gasteiger partial charge in [0.15, 0.2) is 0 Å². The lowest BCUT2D eigenvalue weighted by molar-refractivity contribution is 0.0630. The third-order valence-corrected chi connectivity index (χ3v) is 5.10. The van der Waals surface area contributed by atoms with Gasteiger partial charge in [0.05, 0.1) is 19.8 Å². The van der Waals surface area contributed by atoms with Crippen LogP contribution < -0.4 is 9.47 Å². The van der Waals surface area contributed by atoms with Crippen LogP contribution in [0.2, 0.25) is 0 Å². The van der Waals surface area contributed by atoms with Gasteiger partial charge < -0.3 is 24.2 Å². The lowest BCUT2D eigenvalue weighted by atomic mass is 10.1. The van der Waals surface area contributed by atoms with E-state index in [1.165, 1.54) is 6.42 Å². The Bertz CT molecular complexity index is 650. The van der Waals surface area contributed by atoms with E-state index in [9.17, 15) is 9.59 Å². The van der Waals surface area contributed by atoms with Crippen LogP contribution in [0.1, 0.15) is 29.6 Å². The van der Waals surface area contributed by atoms with E-state index in [-0.39, 0.29) is 11.9 Å². The molecule has 2 saturated heterocycles. The van der Waals surface area contributed by atoms with E-state index in [1.54, 1.807) is 37.3 Å². The summed E-state index contributed by atoms with van der Waals surface area (Å²) < 4.78 is 10.5. The summed E-state index contributed by atoms with van der Waals surface area (Å²) in [6.07, 6.45) is 3.37. The number of nitrogens with zero attached hydrogens (tertiary/aromatic N) is 3. The van der Waals surface area contributed by atoms with E-state index in [0.29, 0.717) is 43.2 Å². The molecule has 2 aliphatic heterocycles. The van der Waals surface area contributed by atoms with Crippen molar-refractivity contribution in [1.29, 1.82) is 0 Å². The van der Waals surface area contributed by atoms with Crippen molar-refractivity contribution in [2.24, 2.45) is 0 Å². The highest BCUT2D eigenvalue weighted by Crippen LogP contribution is 2.26. The smallest absolute Gasteiger partial charge is 0.320 e. The first kappa shape index (κ1) is 18.4. The molecule has 2 aliphatic rings. The Morgan fingerprint density at radius 2 is 1.42 bits per heavy atom. The van der Waals surface area contributed by atoms with Crippen molar-refractivity contribution in [2.75, 3.05) is 53.5 Å². The van der Waals surface area contributed by atoms with Gasteiger partial charge in [-0.25, -0.2) is 4.79 Å². The molecule has 0 aliphatic carbocycles. The molecular formula is C19H27N3O4. The zero-order chi connectivity index (χ0) is 18.5. The van der Waals surface area contributed by atoms with Gasteiger partial charge in [0.2, 0.25) is 0 Å². The summed E-state index contributed by atoms with van der Waals surface area (Å²) in [6, 6.07) is 5.30. The Labute approximate surface area is 154 Å². The zero-order valence-electron chi connectivity index (χ0n) is 15.6. The number of hydrogen-bond donors (Lipinski definition) is 0. The van der Waals surface area contributed by atoms with Gasteiger partial charge in [-0.05, 0) is 31.4 Å². The second-order valence-corrected chi connectivity index (χ2v) is 6.68. The summed E-state index contributed by atoms with van der Waals surface area (Å²) in [5.74, 6) is 1.08. The van der Waals surface area contributed by atoms with Crippen LogP contribution in [-0.2, 0) is 0 Å². The molecular weight excluding hydrogens is 334 g/mol.